The SMILES string of the molecule is CCCCCCCC1CCC(C(C)[C@H]2CC[C@H](c3ccc(C#N)c(F)c3F)CC2)CC1. The summed E-state index contributed by atoms with van der Waals surface area (Å²) in [5.74, 6) is 1.58. The average molecular weight is 430 g/mol. The molecule has 2 saturated carbocycles. The summed E-state index contributed by atoms with van der Waals surface area (Å²) in [7, 11) is 0. The minimum absolute atomic E-state index is 0.0918. The summed E-state index contributed by atoms with van der Waals surface area (Å²) in [5, 5.41) is 8.90. The molecule has 3 heteroatoms. The van der Waals surface area contributed by atoms with E-state index >= 15 is 0 Å². The van der Waals surface area contributed by atoms with Crippen LogP contribution in [0, 0.1) is 46.6 Å². The Hall–Kier alpha value is -1.43. The van der Waals surface area contributed by atoms with Gasteiger partial charge in [0.1, 0.15) is 6.07 Å². The molecule has 1 aromatic carbocycles. The van der Waals surface area contributed by atoms with Crippen LogP contribution in [0.25, 0.3) is 0 Å². The molecule has 31 heavy (non-hydrogen) atoms. The van der Waals surface area contributed by atoms with Crippen molar-refractivity contribution in [3.63, 3.8) is 0 Å². The molecule has 0 bridgehead atoms. The van der Waals surface area contributed by atoms with Crippen molar-refractivity contribution in [3.8, 4) is 6.07 Å². The van der Waals surface area contributed by atoms with E-state index in [0.717, 1.165) is 49.4 Å². The first-order valence-electron chi connectivity index (χ1n) is 12.9. The molecular weight excluding hydrogens is 388 g/mol. The number of nitriles is 1. The molecule has 0 radical (unpaired) electrons. The van der Waals surface area contributed by atoms with Crippen molar-refractivity contribution >= 4 is 0 Å². The molecule has 1 atom stereocenters. The molecule has 172 valence electrons. The van der Waals surface area contributed by atoms with Gasteiger partial charge in [0.2, 0.25) is 0 Å². The summed E-state index contributed by atoms with van der Waals surface area (Å²) in [6.45, 7) is 4.72. The third-order valence-electron chi connectivity index (χ3n) is 8.54. The Balaban J connectivity index is 1.42. The van der Waals surface area contributed by atoms with Gasteiger partial charge in [-0.05, 0) is 79.7 Å². The molecule has 0 heterocycles. The highest BCUT2D eigenvalue weighted by Crippen LogP contribution is 2.45. The van der Waals surface area contributed by atoms with Crippen LogP contribution in [0.4, 0.5) is 8.78 Å². The minimum atomic E-state index is -0.974. The van der Waals surface area contributed by atoms with Crippen molar-refractivity contribution in [3.05, 3.63) is 34.9 Å². The van der Waals surface area contributed by atoms with Crippen LogP contribution in [0.15, 0.2) is 12.1 Å². The molecule has 2 fully saturated rings. The van der Waals surface area contributed by atoms with Crippen molar-refractivity contribution in [1.29, 1.82) is 5.26 Å². The number of rotatable bonds is 9. The number of halogens is 2. The lowest BCUT2D eigenvalue weighted by molar-refractivity contribution is 0.131. The Morgan fingerprint density at radius 3 is 2.10 bits per heavy atom. The Morgan fingerprint density at radius 2 is 1.48 bits per heavy atom. The Morgan fingerprint density at radius 1 is 0.871 bits per heavy atom. The second-order valence-corrected chi connectivity index (χ2v) is 10.4. The molecule has 0 N–H and O–H groups in total. The normalized spacial score (nSPS) is 27.6. The van der Waals surface area contributed by atoms with Crippen LogP contribution in [-0.2, 0) is 0 Å². The van der Waals surface area contributed by atoms with E-state index in [0.29, 0.717) is 5.56 Å². The fourth-order valence-corrected chi connectivity index (χ4v) is 6.35. The van der Waals surface area contributed by atoms with Gasteiger partial charge in [-0.1, -0.05) is 71.3 Å². The van der Waals surface area contributed by atoms with Gasteiger partial charge in [-0.25, -0.2) is 8.78 Å². The second kappa shape index (κ2) is 12.0. The van der Waals surface area contributed by atoms with Gasteiger partial charge in [0, 0.05) is 0 Å². The Kier molecular flexibility index (Phi) is 9.36. The first kappa shape index (κ1) is 24.2. The van der Waals surface area contributed by atoms with Crippen molar-refractivity contribution in [1.82, 2.24) is 0 Å². The highest BCUT2D eigenvalue weighted by Gasteiger charge is 2.33. The summed E-state index contributed by atoms with van der Waals surface area (Å²) >= 11 is 0. The van der Waals surface area contributed by atoms with Gasteiger partial charge in [0.05, 0.1) is 5.56 Å². The molecule has 1 unspecified atom stereocenters. The lowest BCUT2D eigenvalue weighted by Crippen LogP contribution is -2.28. The van der Waals surface area contributed by atoms with E-state index in [-0.39, 0.29) is 11.5 Å². The van der Waals surface area contributed by atoms with Crippen LogP contribution in [0.1, 0.15) is 121 Å². The molecule has 1 aromatic rings. The zero-order valence-electron chi connectivity index (χ0n) is 19.6. The van der Waals surface area contributed by atoms with Gasteiger partial charge in [-0.15, -0.1) is 0 Å². The Labute approximate surface area is 188 Å². The lowest BCUT2D eigenvalue weighted by Gasteiger charge is -2.39. The standard InChI is InChI=1S/C28H41F2N/c1-3-4-5-6-7-8-21-9-11-22(12-10-21)20(2)23-13-15-24(16-14-23)26-18-17-25(19-31)27(29)28(26)30/h17-18,20-24H,3-16H2,1-2H3/t20?,21?,22?,23-,24-. The van der Waals surface area contributed by atoms with Crippen LogP contribution in [0.2, 0.25) is 0 Å². The molecule has 0 aromatic heterocycles. The molecular formula is C28H41F2N. The summed E-state index contributed by atoms with van der Waals surface area (Å²) in [4.78, 5) is 0. The van der Waals surface area contributed by atoms with E-state index in [1.807, 2.05) is 0 Å². The highest BCUT2D eigenvalue weighted by molar-refractivity contribution is 5.36. The summed E-state index contributed by atoms with van der Waals surface area (Å²) in [6.07, 6.45) is 18.1. The maximum atomic E-state index is 14.4. The van der Waals surface area contributed by atoms with Gasteiger partial charge in [0.25, 0.3) is 0 Å². The third-order valence-corrected chi connectivity index (χ3v) is 8.54. The van der Waals surface area contributed by atoms with Crippen molar-refractivity contribution in [2.24, 2.45) is 23.7 Å². The fraction of sp³-hybridized carbons (Fsp3) is 0.750. The largest absolute Gasteiger partial charge is 0.203 e. The molecule has 0 amide bonds. The monoisotopic (exact) mass is 429 g/mol. The molecule has 0 saturated heterocycles. The van der Waals surface area contributed by atoms with Crippen LogP contribution >= 0.6 is 0 Å². The molecule has 0 aliphatic heterocycles. The van der Waals surface area contributed by atoms with E-state index in [9.17, 15) is 8.78 Å². The number of hydrogen-bond donors (Lipinski definition) is 0. The van der Waals surface area contributed by atoms with E-state index < -0.39 is 11.6 Å². The topological polar surface area (TPSA) is 23.8 Å². The number of nitrogens with zero attached hydrogens (tertiary/aromatic N) is 1. The third kappa shape index (κ3) is 6.30. The first-order chi connectivity index (χ1) is 15.0. The van der Waals surface area contributed by atoms with E-state index in [4.69, 9.17) is 5.26 Å². The zero-order chi connectivity index (χ0) is 22.2. The fourth-order valence-electron chi connectivity index (χ4n) is 6.35. The first-order valence-corrected chi connectivity index (χ1v) is 12.9. The van der Waals surface area contributed by atoms with Crippen molar-refractivity contribution < 1.29 is 8.78 Å². The zero-order valence-corrected chi connectivity index (χ0v) is 19.6. The van der Waals surface area contributed by atoms with E-state index in [1.54, 1.807) is 12.1 Å². The maximum Gasteiger partial charge on any atom is 0.176 e. The van der Waals surface area contributed by atoms with Gasteiger partial charge < -0.3 is 0 Å². The lowest BCUT2D eigenvalue weighted by atomic mass is 9.66. The number of benzene rings is 1. The van der Waals surface area contributed by atoms with E-state index in [2.05, 4.69) is 13.8 Å². The van der Waals surface area contributed by atoms with Gasteiger partial charge in [-0.3, -0.25) is 0 Å². The van der Waals surface area contributed by atoms with Crippen LogP contribution < -0.4 is 0 Å². The van der Waals surface area contributed by atoms with Gasteiger partial charge in [-0.2, -0.15) is 5.26 Å². The van der Waals surface area contributed by atoms with E-state index in [1.165, 1.54) is 70.3 Å². The van der Waals surface area contributed by atoms with Crippen LogP contribution in [0.5, 0.6) is 0 Å². The summed E-state index contributed by atoms with van der Waals surface area (Å²) in [6, 6.07) is 4.80. The van der Waals surface area contributed by atoms with Crippen molar-refractivity contribution in [2.75, 3.05) is 0 Å². The quantitative estimate of drug-likeness (QED) is 0.359. The molecule has 1 nitrogen and oxygen atoms in total. The van der Waals surface area contributed by atoms with Gasteiger partial charge in [0.15, 0.2) is 11.6 Å². The Bertz CT molecular complexity index is 721. The molecule has 0 spiro atoms. The van der Waals surface area contributed by atoms with Crippen LogP contribution in [-0.4, -0.2) is 0 Å². The molecule has 2 aliphatic carbocycles. The molecule has 3 rings (SSSR count). The predicted molar refractivity (Wildman–Crippen MR) is 124 cm³/mol. The van der Waals surface area contributed by atoms with Crippen LogP contribution in [0.3, 0.4) is 0 Å². The van der Waals surface area contributed by atoms with Crippen molar-refractivity contribution in [2.45, 2.75) is 110 Å². The molecule has 2 aliphatic rings. The summed E-state index contributed by atoms with van der Waals surface area (Å²) in [5.41, 5.74) is 0.280. The number of hydrogen-bond acceptors (Lipinski definition) is 1. The highest BCUT2D eigenvalue weighted by atomic mass is 19.2. The minimum Gasteiger partial charge on any atom is -0.203 e. The second-order valence-electron chi connectivity index (χ2n) is 10.4. The average Bonchev–Trinajstić information content (AvgIpc) is 2.81. The summed E-state index contributed by atoms with van der Waals surface area (Å²) < 4.78 is 28.5. The predicted octanol–water partition coefficient (Wildman–Crippen LogP) is 8.91. The maximum absolute atomic E-state index is 14.4. The number of unbranched alkanes of at least 4 members (excludes halogenated alkanes) is 4. The smallest absolute Gasteiger partial charge is 0.176 e. The van der Waals surface area contributed by atoms with Gasteiger partial charge >= 0.3 is 0 Å².